The van der Waals surface area contributed by atoms with Gasteiger partial charge in [-0.15, -0.1) is 6.42 Å². The number of nitrogens with zero attached hydrogens (tertiary/aromatic N) is 1. The second-order valence-electron chi connectivity index (χ2n) is 3.39. The topological polar surface area (TPSA) is 12.9 Å². The smallest absolute Gasteiger partial charge is 0.116 e. The van der Waals surface area contributed by atoms with E-state index < -0.39 is 0 Å². The van der Waals surface area contributed by atoms with E-state index in [0.717, 1.165) is 16.7 Å². The lowest BCUT2D eigenvalue weighted by atomic mass is 9.84. The quantitative estimate of drug-likeness (QED) is 0.456. The van der Waals surface area contributed by atoms with E-state index in [2.05, 4.69) is 24.8 Å². The average molecular weight is 169 g/mol. The van der Waals surface area contributed by atoms with E-state index in [-0.39, 0.29) is 0 Å². The Balaban J connectivity index is 3.35. The van der Waals surface area contributed by atoms with E-state index in [1.807, 2.05) is 13.0 Å². The standard InChI is InChI=1S/C11H12BN/c1-5-9-6-10(7(2)3)11(12)8(4)13-9/h1,6-7H,2-4H3. The fraction of sp³-hybridized carbons (Fsp3) is 0.364. The van der Waals surface area contributed by atoms with E-state index in [4.69, 9.17) is 14.3 Å². The van der Waals surface area contributed by atoms with Crippen LogP contribution in [0.4, 0.5) is 0 Å². The van der Waals surface area contributed by atoms with E-state index in [0.29, 0.717) is 11.6 Å². The van der Waals surface area contributed by atoms with Gasteiger partial charge in [0.15, 0.2) is 0 Å². The average Bonchev–Trinajstić information content (AvgIpc) is 2.09. The molecule has 0 unspecified atom stereocenters. The Morgan fingerprint density at radius 2 is 2.15 bits per heavy atom. The van der Waals surface area contributed by atoms with Gasteiger partial charge in [-0.05, 0) is 24.5 Å². The summed E-state index contributed by atoms with van der Waals surface area (Å²) < 4.78 is 0. The van der Waals surface area contributed by atoms with Crippen LogP contribution in [0.1, 0.15) is 36.7 Å². The van der Waals surface area contributed by atoms with Crippen molar-refractivity contribution >= 4 is 13.3 Å². The SMILES string of the molecule is [B]c1c(C(C)C)cc(C#C)nc1C. The molecule has 0 aliphatic rings. The van der Waals surface area contributed by atoms with Gasteiger partial charge in [0.1, 0.15) is 13.5 Å². The number of hydrogen-bond acceptors (Lipinski definition) is 1. The third kappa shape index (κ3) is 1.92. The molecule has 0 N–H and O–H groups in total. The Hall–Kier alpha value is -1.23. The number of rotatable bonds is 1. The van der Waals surface area contributed by atoms with Gasteiger partial charge in [-0.1, -0.05) is 25.2 Å². The third-order valence-corrected chi connectivity index (χ3v) is 2.05. The van der Waals surface area contributed by atoms with Crippen molar-refractivity contribution in [2.75, 3.05) is 0 Å². The second-order valence-corrected chi connectivity index (χ2v) is 3.39. The fourth-order valence-corrected chi connectivity index (χ4v) is 1.26. The molecule has 0 fully saturated rings. The molecule has 1 aromatic heterocycles. The van der Waals surface area contributed by atoms with Crippen LogP contribution in [0.15, 0.2) is 6.07 Å². The van der Waals surface area contributed by atoms with Crippen LogP contribution in [-0.2, 0) is 0 Å². The van der Waals surface area contributed by atoms with Gasteiger partial charge in [-0.2, -0.15) is 0 Å². The number of aromatic nitrogens is 1. The van der Waals surface area contributed by atoms with Crippen LogP contribution in [0.3, 0.4) is 0 Å². The monoisotopic (exact) mass is 169 g/mol. The van der Waals surface area contributed by atoms with Crippen molar-refractivity contribution in [3.63, 3.8) is 0 Å². The maximum absolute atomic E-state index is 5.88. The fourth-order valence-electron chi connectivity index (χ4n) is 1.26. The first-order chi connectivity index (χ1) is 6.06. The molecule has 0 bridgehead atoms. The first-order valence-electron chi connectivity index (χ1n) is 4.30. The molecule has 0 aliphatic heterocycles. The minimum absolute atomic E-state index is 0.383. The summed E-state index contributed by atoms with van der Waals surface area (Å²) in [7, 11) is 5.88. The van der Waals surface area contributed by atoms with Crippen LogP contribution < -0.4 is 5.46 Å². The van der Waals surface area contributed by atoms with Crippen LogP contribution >= 0.6 is 0 Å². The maximum Gasteiger partial charge on any atom is 0.116 e. The highest BCUT2D eigenvalue weighted by Crippen LogP contribution is 2.12. The summed E-state index contributed by atoms with van der Waals surface area (Å²) in [6.07, 6.45) is 5.28. The molecule has 1 aromatic rings. The van der Waals surface area contributed by atoms with Gasteiger partial charge in [-0.3, -0.25) is 0 Å². The van der Waals surface area contributed by atoms with Gasteiger partial charge in [0.2, 0.25) is 0 Å². The highest BCUT2D eigenvalue weighted by molar-refractivity contribution is 6.34. The molecular formula is C11H12BN. The zero-order chi connectivity index (χ0) is 10.0. The Morgan fingerprint density at radius 1 is 1.54 bits per heavy atom. The predicted molar refractivity (Wildman–Crippen MR) is 56.4 cm³/mol. The summed E-state index contributed by atoms with van der Waals surface area (Å²) in [6.45, 7) is 6.05. The van der Waals surface area contributed by atoms with Crippen molar-refractivity contribution in [1.29, 1.82) is 0 Å². The molecule has 2 radical (unpaired) electrons. The van der Waals surface area contributed by atoms with E-state index in [1.165, 1.54) is 0 Å². The zero-order valence-electron chi connectivity index (χ0n) is 8.26. The summed E-state index contributed by atoms with van der Waals surface area (Å²) in [6, 6.07) is 1.88. The number of hydrogen-bond donors (Lipinski definition) is 0. The van der Waals surface area contributed by atoms with Gasteiger partial charge in [-0.25, -0.2) is 4.98 Å². The summed E-state index contributed by atoms with van der Waals surface area (Å²) in [4.78, 5) is 4.17. The Labute approximate surface area is 81.0 Å². The van der Waals surface area contributed by atoms with Crippen molar-refractivity contribution in [2.24, 2.45) is 0 Å². The van der Waals surface area contributed by atoms with Crippen molar-refractivity contribution in [2.45, 2.75) is 26.7 Å². The number of terminal acetylenes is 1. The van der Waals surface area contributed by atoms with Crippen LogP contribution in [0, 0.1) is 19.3 Å². The molecule has 0 saturated heterocycles. The number of aryl methyl sites for hydroxylation is 1. The largest absolute Gasteiger partial charge is 0.245 e. The Morgan fingerprint density at radius 3 is 2.62 bits per heavy atom. The molecule has 2 heteroatoms. The highest BCUT2D eigenvalue weighted by atomic mass is 14.7. The van der Waals surface area contributed by atoms with Crippen molar-refractivity contribution in [1.82, 2.24) is 4.98 Å². The molecular weight excluding hydrogens is 157 g/mol. The zero-order valence-corrected chi connectivity index (χ0v) is 8.26. The summed E-state index contributed by atoms with van der Waals surface area (Å²) in [5.41, 5.74) is 3.32. The molecule has 0 saturated carbocycles. The maximum atomic E-state index is 5.88. The number of pyridine rings is 1. The van der Waals surface area contributed by atoms with Crippen LogP contribution in [-0.4, -0.2) is 12.8 Å². The molecule has 1 rings (SSSR count). The molecule has 64 valence electrons. The van der Waals surface area contributed by atoms with Crippen molar-refractivity contribution < 1.29 is 0 Å². The van der Waals surface area contributed by atoms with Crippen LogP contribution in [0.5, 0.6) is 0 Å². The molecule has 0 atom stereocenters. The molecule has 1 heterocycles. The first-order valence-corrected chi connectivity index (χ1v) is 4.30. The van der Waals surface area contributed by atoms with Gasteiger partial charge < -0.3 is 0 Å². The van der Waals surface area contributed by atoms with Gasteiger partial charge >= 0.3 is 0 Å². The third-order valence-electron chi connectivity index (χ3n) is 2.05. The molecule has 0 aromatic carbocycles. The van der Waals surface area contributed by atoms with Gasteiger partial charge in [0, 0.05) is 5.69 Å². The summed E-state index contributed by atoms with van der Waals surface area (Å²) in [5.74, 6) is 2.91. The molecule has 1 nitrogen and oxygen atoms in total. The van der Waals surface area contributed by atoms with Crippen molar-refractivity contribution in [3.8, 4) is 12.3 Å². The molecule has 0 aliphatic carbocycles. The summed E-state index contributed by atoms with van der Waals surface area (Å²) in [5, 5.41) is 0. The minimum atomic E-state index is 0.383. The highest BCUT2D eigenvalue weighted by Gasteiger charge is 2.07. The van der Waals surface area contributed by atoms with Gasteiger partial charge in [0.05, 0.1) is 0 Å². The van der Waals surface area contributed by atoms with Crippen LogP contribution in [0.2, 0.25) is 0 Å². The Bertz CT molecular complexity index is 361. The minimum Gasteiger partial charge on any atom is -0.245 e. The predicted octanol–water partition coefficient (Wildman–Crippen LogP) is 1.29. The first kappa shape index (κ1) is 9.86. The lowest BCUT2D eigenvalue weighted by Crippen LogP contribution is -2.18. The summed E-state index contributed by atoms with van der Waals surface area (Å²) >= 11 is 0. The van der Waals surface area contributed by atoms with Crippen LogP contribution in [0.25, 0.3) is 0 Å². The van der Waals surface area contributed by atoms with Crippen molar-refractivity contribution in [3.05, 3.63) is 23.0 Å². The van der Waals surface area contributed by atoms with E-state index in [9.17, 15) is 0 Å². The Kier molecular flexibility index (Phi) is 2.77. The lowest BCUT2D eigenvalue weighted by Gasteiger charge is -2.12. The molecule has 13 heavy (non-hydrogen) atoms. The molecule has 0 spiro atoms. The second kappa shape index (κ2) is 3.66. The molecule has 0 amide bonds. The van der Waals surface area contributed by atoms with E-state index in [1.54, 1.807) is 0 Å². The van der Waals surface area contributed by atoms with Gasteiger partial charge in [0.25, 0.3) is 0 Å². The van der Waals surface area contributed by atoms with E-state index >= 15 is 0 Å². The lowest BCUT2D eigenvalue weighted by molar-refractivity contribution is 0.866. The normalized spacial score (nSPS) is 10.1.